The number of rotatable bonds is 4. The van der Waals surface area contributed by atoms with Gasteiger partial charge in [-0.25, -0.2) is 9.83 Å². The Hall–Kier alpha value is -3.40. The Kier molecular flexibility index (Phi) is 4.71. The van der Waals surface area contributed by atoms with E-state index < -0.39 is 5.91 Å². The quantitative estimate of drug-likeness (QED) is 0.781. The van der Waals surface area contributed by atoms with Gasteiger partial charge in [0.25, 0.3) is 5.91 Å². The standard InChI is InChI=1S/C22H23N5O2/c1-12-20(26-19-6-4-5-17(25-19)22(23)29)16-11-15(24-3)9-10-18(16)27(13(2)28)21(12)14-7-8-14/h4-6,9-12,14,20-21H,7-8H2,1-2H3,(H2,23,29)(H,25,26)/t12-,20-,21-/m1/s1. The van der Waals surface area contributed by atoms with E-state index in [-0.39, 0.29) is 29.6 Å². The van der Waals surface area contributed by atoms with Crippen molar-refractivity contribution in [2.45, 2.75) is 38.8 Å². The van der Waals surface area contributed by atoms with Crippen molar-refractivity contribution in [1.82, 2.24) is 4.98 Å². The lowest BCUT2D eigenvalue weighted by molar-refractivity contribution is -0.117. The van der Waals surface area contributed by atoms with Crippen LogP contribution in [0.5, 0.6) is 0 Å². The van der Waals surface area contributed by atoms with E-state index in [0.717, 1.165) is 24.1 Å². The zero-order chi connectivity index (χ0) is 20.7. The Labute approximate surface area is 169 Å². The predicted molar refractivity (Wildman–Crippen MR) is 111 cm³/mol. The first-order valence-corrected chi connectivity index (χ1v) is 9.75. The maximum absolute atomic E-state index is 12.6. The summed E-state index contributed by atoms with van der Waals surface area (Å²) in [7, 11) is 0. The van der Waals surface area contributed by atoms with Crippen LogP contribution in [0.2, 0.25) is 0 Å². The fraction of sp³-hybridized carbons (Fsp3) is 0.364. The lowest BCUT2D eigenvalue weighted by Crippen LogP contribution is -2.51. The van der Waals surface area contributed by atoms with E-state index in [2.05, 4.69) is 22.1 Å². The van der Waals surface area contributed by atoms with Gasteiger partial charge >= 0.3 is 0 Å². The number of fused-ring (bicyclic) bond motifs is 1. The highest BCUT2D eigenvalue weighted by atomic mass is 16.2. The van der Waals surface area contributed by atoms with Crippen LogP contribution < -0.4 is 16.0 Å². The van der Waals surface area contributed by atoms with Crippen molar-refractivity contribution in [2.75, 3.05) is 10.2 Å². The second kappa shape index (κ2) is 7.21. The van der Waals surface area contributed by atoms with E-state index in [4.69, 9.17) is 12.3 Å². The van der Waals surface area contributed by atoms with Crippen molar-refractivity contribution in [3.05, 3.63) is 59.1 Å². The number of carbonyl (C=O) groups excluding carboxylic acids is 2. The largest absolute Gasteiger partial charge is 0.364 e. The minimum atomic E-state index is -0.584. The summed E-state index contributed by atoms with van der Waals surface area (Å²) in [6.45, 7) is 11.1. The third-order valence-electron chi connectivity index (χ3n) is 5.85. The minimum absolute atomic E-state index is 0.0119. The number of benzene rings is 1. The molecule has 3 N–H and O–H groups in total. The van der Waals surface area contributed by atoms with Gasteiger partial charge in [-0.2, -0.15) is 0 Å². The molecule has 29 heavy (non-hydrogen) atoms. The van der Waals surface area contributed by atoms with E-state index in [9.17, 15) is 9.59 Å². The molecule has 2 heterocycles. The van der Waals surface area contributed by atoms with Gasteiger partial charge in [-0.3, -0.25) is 9.59 Å². The highest BCUT2D eigenvalue weighted by molar-refractivity contribution is 5.94. The summed E-state index contributed by atoms with van der Waals surface area (Å²) in [6, 6.07) is 10.5. The molecule has 0 radical (unpaired) electrons. The topological polar surface area (TPSA) is 92.7 Å². The second-order valence-corrected chi connectivity index (χ2v) is 7.83. The molecular weight excluding hydrogens is 366 g/mol. The SMILES string of the molecule is [C-]#[N+]c1ccc2c(c1)[C@H](Nc1cccc(C(N)=O)n1)[C@@H](C)[C@H](C1CC1)N2C(C)=O. The van der Waals surface area contributed by atoms with E-state index in [1.165, 1.54) is 0 Å². The van der Waals surface area contributed by atoms with E-state index in [0.29, 0.717) is 17.4 Å². The van der Waals surface area contributed by atoms with Gasteiger partial charge in [-0.1, -0.05) is 19.1 Å². The van der Waals surface area contributed by atoms with Crippen molar-refractivity contribution in [3.8, 4) is 0 Å². The van der Waals surface area contributed by atoms with Gasteiger partial charge < -0.3 is 16.0 Å². The molecule has 0 saturated heterocycles. The summed E-state index contributed by atoms with van der Waals surface area (Å²) >= 11 is 0. The molecule has 7 heteroatoms. The van der Waals surface area contributed by atoms with Gasteiger partial charge in [0.05, 0.1) is 12.6 Å². The molecular formula is C22H23N5O2. The highest BCUT2D eigenvalue weighted by Crippen LogP contribution is 2.50. The van der Waals surface area contributed by atoms with E-state index in [1.807, 2.05) is 17.0 Å². The fourth-order valence-electron chi connectivity index (χ4n) is 4.43. The van der Waals surface area contributed by atoms with Crippen molar-refractivity contribution in [2.24, 2.45) is 17.6 Å². The van der Waals surface area contributed by atoms with Crippen LogP contribution in [-0.2, 0) is 4.79 Å². The average Bonchev–Trinajstić information content (AvgIpc) is 3.54. The Morgan fingerprint density at radius 2 is 2.03 bits per heavy atom. The number of anilines is 2. The van der Waals surface area contributed by atoms with Crippen molar-refractivity contribution in [3.63, 3.8) is 0 Å². The Bertz CT molecular complexity index is 1020. The maximum Gasteiger partial charge on any atom is 0.267 e. The molecule has 0 unspecified atom stereocenters. The van der Waals surface area contributed by atoms with Crippen molar-refractivity contribution >= 4 is 29.0 Å². The number of hydrogen-bond donors (Lipinski definition) is 2. The molecule has 1 aromatic carbocycles. The number of amides is 2. The average molecular weight is 389 g/mol. The molecule has 0 bridgehead atoms. The first kappa shape index (κ1) is 18.9. The number of nitrogens with two attached hydrogens (primary N) is 1. The molecule has 2 aliphatic rings. The van der Waals surface area contributed by atoms with Crippen LogP contribution in [0, 0.1) is 18.4 Å². The zero-order valence-electron chi connectivity index (χ0n) is 16.4. The highest BCUT2D eigenvalue weighted by Gasteiger charge is 2.47. The number of nitrogens with one attached hydrogen (secondary N) is 1. The Balaban J connectivity index is 1.81. The predicted octanol–water partition coefficient (Wildman–Crippen LogP) is 3.67. The molecule has 1 saturated carbocycles. The van der Waals surface area contributed by atoms with Gasteiger partial charge in [0.2, 0.25) is 5.91 Å². The van der Waals surface area contributed by atoms with Crippen LogP contribution in [0.25, 0.3) is 4.85 Å². The lowest BCUT2D eigenvalue weighted by atomic mass is 9.79. The van der Waals surface area contributed by atoms with Crippen molar-refractivity contribution in [1.29, 1.82) is 0 Å². The number of nitrogens with zero attached hydrogens (tertiary/aromatic N) is 3. The first-order valence-electron chi connectivity index (χ1n) is 9.75. The van der Waals surface area contributed by atoms with E-state index in [1.54, 1.807) is 31.2 Å². The molecule has 1 aliphatic carbocycles. The van der Waals surface area contributed by atoms with Gasteiger partial charge in [0.1, 0.15) is 11.5 Å². The molecule has 1 aromatic heterocycles. The molecule has 3 atom stereocenters. The number of pyridine rings is 1. The molecule has 1 fully saturated rings. The van der Waals surface area contributed by atoms with Gasteiger partial charge in [-0.15, -0.1) is 0 Å². The van der Waals surface area contributed by atoms with Gasteiger partial charge in [0, 0.05) is 24.6 Å². The summed E-state index contributed by atoms with van der Waals surface area (Å²) in [5.41, 5.74) is 7.82. The summed E-state index contributed by atoms with van der Waals surface area (Å²) in [5.74, 6) is 0.538. The van der Waals surface area contributed by atoms with Crippen molar-refractivity contribution < 1.29 is 9.59 Å². The molecule has 4 rings (SSSR count). The lowest BCUT2D eigenvalue weighted by Gasteiger charge is -2.46. The number of hydrogen-bond acceptors (Lipinski definition) is 4. The molecule has 2 aromatic rings. The zero-order valence-corrected chi connectivity index (χ0v) is 16.4. The van der Waals surface area contributed by atoms with Gasteiger partial charge in [-0.05, 0) is 48.6 Å². The number of carbonyl (C=O) groups is 2. The molecule has 0 spiro atoms. The van der Waals surface area contributed by atoms with Crippen LogP contribution in [0.1, 0.15) is 48.8 Å². The molecule has 1 aliphatic heterocycles. The Morgan fingerprint density at radius 3 is 2.66 bits per heavy atom. The van der Waals surface area contributed by atoms with Crippen LogP contribution in [0.3, 0.4) is 0 Å². The number of primary amides is 1. The third kappa shape index (κ3) is 3.42. The fourth-order valence-corrected chi connectivity index (χ4v) is 4.43. The normalized spacial score (nSPS) is 23.1. The summed E-state index contributed by atoms with van der Waals surface area (Å²) in [6.07, 6.45) is 2.22. The van der Waals surface area contributed by atoms with Gasteiger partial charge in [0.15, 0.2) is 5.69 Å². The summed E-state index contributed by atoms with van der Waals surface area (Å²) < 4.78 is 0. The van der Waals surface area contributed by atoms with Crippen LogP contribution >= 0.6 is 0 Å². The molecule has 148 valence electrons. The summed E-state index contributed by atoms with van der Waals surface area (Å²) in [4.78, 5) is 33.9. The summed E-state index contributed by atoms with van der Waals surface area (Å²) in [5, 5.41) is 3.45. The monoisotopic (exact) mass is 389 g/mol. The Morgan fingerprint density at radius 1 is 1.28 bits per heavy atom. The first-order chi connectivity index (χ1) is 13.9. The second-order valence-electron chi connectivity index (χ2n) is 7.83. The maximum atomic E-state index is 12.6. The third-order valence-corrected chi connectivity index (χ3v) is 5.85. The smallest absolute Gasteiger partial charge is 0.267 e. The minimum Gasteiger partial charge on any atom is -0.364 e. The van der Waals surface area contributed by atoms with E-state index >= 15 is 0 Å². The van der Waals surface area contributed by atoms with Crippen LogP contribution in [-0.4, -0.2) is 22.8 Å². The molecule has 7 nitrogen and oxygen atoms in total. The van der Waals surface area contributed by atoms with Crippen LogP contribution in [0.15, 0.2) is 36.4 Å². The van der Waals surface area contributed by atoms with Crippen LogP contribution in [0.4, 0.5) is 17.2 Å². The molecule has 2 amide bonds. The number of aromatic nitrogens is 1.